The number of nitrogens with zero attached hydrogens (tertiary/aromatic N) is 3. The second-order valence-corrected chi connectivity index (χ2v) is 8.96. The molecule has 0 bridgehead atoms. The Kier molecular flexibility index (Phi) is 5.03. The van der Waals surface area contributed by atoms with Gasteiger partial charge in [0, 0.05) is 15.6 Å². The molecule has 170 valence electrons. The summed E-state index contributed by atoms with van der Waals surface area (Å²) in [5, 5.41) is 8.10. The van der Waals surface area contributed by atoms with E-state index in [-0.39, 0.29) is 12.1 Å². The molecular formula is C26H21BrN4O3. The van der Waals surface area contributed by atoms with Crippen LogP contribution in [0.15, 0.2) is 83.1 Å². The van der Waals surface area contributed by atoms with Crippen molar-refractivity contribution < 1.29 is 14.2 Å². The first-order valence-corrected chi connectivity index (χ1v) is 11.6. The first-order chi connectivity index (χ1) is 16.7. The van der Waals surface area contributed by atoms with Crippen LogP contribution in [0.1, 0.15) is 28.8 Å². The van der Waals surface area contributed by atoms with Gasteiger partial charge in [-0.25, -0.2) is 4.68 Å². The lowest BCUT2D eigenvalue weighted by Gasteiger charge is -2.39. The Labute approximate surface area is 205 Å². The standard InChI is InChI=1S/C26H21BrN4O3/c1-32-20-12-9-16(13-21(20)33-2)24-22-23(30-26-28-14-29-31(24)26)18-5-3-4-6-19(18)34-25(22)15-7-10-17(27)11-8-15/h3-14,24-25H,1-2H3,(H,28,29,30). The minimum atomic E-state index is -0.332. The van der Waals surface area contributed by atoms with E-state index in [1.54, 1.807) is 20.5 Å². The van der Waals surface area contributed by atoms with Crippen LogP contribution in [0.3, 0.4) is 0 Å². The molecule has 0 saturated carbocycles. The number of nitrogens with one attached hydrogen (secondary N) is 1. The molecule has 2 aliphatic heterocycles. The largest absolute Gasteiger partial charge is 0.493 e. The summed E-state index contributed by atoms with van der Waals surface area (Å²) < 4.78 is 20.6. The average Bonchev–Trinajstić information content (AvgIpc) is 3.35. The SMILES string of the molecule is COc1ccc(C2C3=C(Nc4ncnn42)c2ccccc2OC3c2ccc(Br)cc2)cc1OC. The Morgan fingerprint density at radius 3 is 2.50 bits per heavy atom. The highest BCUT2D eigenvalue weighted by Crippen LogP contribution is 2.51. The van der Waals surface area contributed by atoms with Crippen LogP contribution in [0, 0.1) is 0 Å². The van der Waals surface area contributed by atoms with Crippen LogP contribution in [-0.4, -0.2) is 29.0 Å². The summed E-state index contributed by atoms with van der Waals surface area (Å²) in [6.45, 7) is 0. The van der Waals surface area contributed by atoms with E-state index in [0.29, 0.717) is 17.4 Å². The summed E-state index contributed by atoms with van der Waals surface area (Å²) in [5.74, 6) is 2.81. The Balaban J connectivity index is 1.61. The molecule has 3 heterocycles. The zero-order valence-corrected chi connectivity index (χ0v) is 20.1. The van der Waals surface area contributed by atoms with Gasteiger partial charge in [0.1, 0.15) is 24.2 Å². The summed E-state index contributed by atoms with van der Waals surface area (Å²) in [5.41, 5.74) is 5.05. The van der Waals surface area contributed by atoms with E-state index in [4.69, 9.17) is 14.2 Å². The summed E-state index contributed by atoms with van der Waals surface area (Å²) in [6.07, 6.45) is 1.23. The highest BCUT2D eigenvalue weighted by Gasteiger charge is 2.41. The number of rotatable bonds is 4. The Morgan fingerprint density at radius 2 is 1.71 bits per heavy atom. The maximum Gasteiger partial charge on any atom is 0.226 e. The summed E-state index contributed by atoms with van der Waals surface area (Å²) in [4.78, 5) is 4.49. The molecule has 2 atom stereocenters. The number of anilines is 1. The third-order valence-corrected chi connectivity index (χ3v) is 6.75. The first kappa shape index (κ1) is 20.8. The number of halogens is 1. The van der Waals surface area contributed by atoms with Gasteiger partial charge < -0.3 is 19.5 Å². The van der Waals surface area contributed by atoms with Crippen molar-refractivity contribution in [2.75, 3.05) is 19.5 Å². The molecule has 0 radical (unpaired) electrons. The zero-order chi connectivity index (χ0) is 23.2. The lowest BCUT2D eigenvalue weighted by molar-refractivity contribution is 0.223. The maximum absolute atomic E-state index is 6.64. The second kappa shape index (κ2) is 8.22. The highest BCUT2D eigenvalue weighted by molar-refractivity contribution is 9.10. The molecule has 0 fully saturated rings. The molecule has 3 aromatic carbocycles. The van der Waals surface area contributed by atoms with Crippen molar-refractivity contribution in [2.45, 2.75) is 12.1 Å². The lowest BCUT2D eigenvalue weighted by Crippen LogP contribution is -2.32. The normalized spacial score (nSPS) is 18.2. The molecule has 0 aliphatic carbocycles. The van der Waals surface area contributed by atoms with Gasteiger partial charge in [-0.3, -0.25) is 0 Å². The van der Waals surface area contributed by atoms with Crippen molar-refractivity contribution >= 4 is 27.6 Å². The van der Waals surface area contributed by atoms with Crippen molar-refractivity contribution in [3.63, 3.8) is 0 Å². The number of methoxy groups -OCH3 is 2. The summed E-state index contributed by atoms with van der Waals surface area (Å²) in [7, 11) is 3.27. The van der Waals surface area contributed by atoms with Gasteiger partial charge in [0.2, 0.25) is 5.95 Å². The Morgan fingerprint density at radius 1 is 0.941 bits per heavy atom. The van der Waals surface area contributed by atoms with Crippen molar-refractivity contribution in [2.24, 2.45) is 0 Å². The van der Waals surface area contributed by atoms with E-state index in [2.05, 4.69) is 49.5 Å². The fourth-order valence-electron chi connectivity index (χ4n) is 4.67. The van der Waals surface area contributed by atoms with E-state index in [1.165, 1.54) is 0 Å². The van der Waals surface area contributed by atoms with E-state index < -0.39 is 0 Å². The molecule has 2 unspecified atom stereocenters. The number of ether oxygens (including phenoxy) is 3. The van der Waals surface area contributed by atoms with Gasteiger partial charge in [-0.2, -0.15) is 10.1 Å². The molecule has 2 aliphatic rings. The number of fused-ring (bicyclic) bond motifs is 3. The monoisotopic (exact) mass is 516 g/mol. The average molecular weight is 517 g/mol. The van der Waals surface area contributed by atoms with Gasteiger partial charge in [-0.1, -0.05) is 46.3 Å². The van der Waals surface area contributed by atoms with E-state index >= 15 is 0 Å². The van der Waals surface area contributed by atoms with Crippen LogP contribution in [0.5, 0.6) is 17.2 Å². The molecule has 1 N–H and O–H groups in total. The quantitative estimate of drug-likeness (QED) is 0.379. The maximum atomic E-state index is 6.64. The molecule has 7 nitrogen and oxygen atoms in total. The molecule has 4 aromatic rings. The van der Waals surface area contributed by atoms with E-state index in [9.17, 15) is 0 Å². The zero-order valence-electron chi connectivity index (χ0n) is 18.5. The van der Waals surface area contributed by atoms with Crippen molar-refractivity contribution in [3.8, 4) is 17.2 Å². The number of aromatic nitrogens is 3. The third-order valence-electron chi connectivity index (χ3n) is 6.22. The van der Waals surface area contributed by atoms with Crippen LogP contribution >= 0.6 is 15.9 Å². The summed E-state index contributed by atoms with van der Waals surface area (Å²) >= 11 is 3.55. The van der Waals surface area contributed by atoms with Gasteiger partial charge in [0.15, 0.2) is 11.5 Å². The number of hydrogen-bond donors (Lipinski definition) is 1. The van der Waals surface area contributed by atoms with Crippen LogP contribution in [0.25, 0.3) is 5.70 Å². The fourth-order valence-corrected chi connectivity index (χ4v) is 4.94. The molecular weight excluding hydrogens is 496 g/mol. The van der Waals surface area contributed by atoms with Gasteiger partial charge in [0.05, 0.1) is 19.9 Å². The lowest BCUT2D eigenvalue weighted by atomic mass is 9.84. The van der Waals surface area contributed by atoms with Crippen LogP contribution < -0.4 is 19.5 Å². The third kappa shape index (κ3) is 3.25. The molecule has 0 spiro atoms. The Hall–Kier alpha value is -3.78. The molecule has 8 heteroatoms. The van der Waals surface area contributed by atoms with Gasteiger partial charge >= 0.3 is 0 Å². The molecule has 6 rings (SSSR count). The first-order valence-electron chi connectivity index (χ1n) is 10.8. The Bertz CT molecular complexity index is 1410. The van der Waals surface area contributed by atoms with Crippen LogP contribution in [0.4, 0.5) is 5.95 Å². The molecule has 0 amide bonds. The molecule has 1 aromatic heterocycles. The minimum absolute atomic E-state index is 0.268. The number of para-hydroxylation sites is 1. The van der Waals surface area contributed by atoms with Gasteiger partial charge in [0.25, 0.3) is 0 Å². The fraction of sp³-hybridized carbons (Fsp3) is 0.154. The highest BCUT2D eigenvalue weighted by atomic mass is 79.9. The van der Waals surface area contributed by atoms with Crippen molar-refractivity contribution in [1.82, 2.24) is 14.8 Å². The molecule has 0 saturated heterocycles. The van der Waals surface area contributed by atoms with Gasteiger partial charge in [-0.15, -0.1) is 0 Å². The predicted molar refractivity (Wildman–Crippen MR) is 132 cm³/mol. The van der Waals surface area contributed by atoms with Crippen LogP contribution in [-0.2, 0) is 0 Å². The number of hydrogen-bond acceptors (Lipinski definition) is 6. The van der Waals surface area contributed by atoms with Crippen molar-refractivity contribution in [3.05, 3.63) is 99.8 Å². The van der Waals surface area contributed by atoms with Crippen LogP contribution in [0.2, 0.25) is 0 Å². The molecule has 34 heavy (non-hydrogen) atoms. The smallest absolute Gasteiger partial charge is 0.226 e. The van der Waals surface area contributed by atoms with Gasteiger partial charge in [-0.05, 0) is 47.5 Å². The topological polar surface area (TPSA) is 70.4 Å². The summed E-state index contributed by atoms with van der Waals surface area (Å²) in [6, 6.07) is 21.9. The predicted octanol–water partition coefficient (Wildman–Crippen LogP) is 5.62. The number of benzene rings is 3. The minimum Gasteiger partial charge on any atom is -0.493 e. The second-order valence-electron chi connectivity index (χ2n) is 8.05. The van der Waals surface area contributed by atoms with E-state index in [1.807, 2.05) is 53.2 Å². The van der Waals surface area contributed by atoms with E-state index in [0.717, 1.165) is 38.2 Å². The van der Waals surface area contributed by atoms with Crippen molar-refractivity contribution in [1.29, 1.82) is 0 Å².